The van der Waals surface area contributed by atoms with Crippen molar-refractivity contribution in [2.45, 2.75) is 13.0 Å². The molecule has 3 N–H and O–H groups in total. The van der Waals surface area contributed by atoms with Gasteiger partial charge in [0, 0.05) is 11.1 Å². The van der Waals surface area contributed by atoms with Gasteiger partial charge in [0.25, 0.3) is 0 Å². The molecule has 0 saturated heterocycles. The molecule has 1 unspecified atom stereocenters. The molecule has 2 rings (SSSR count). The van der Waals surface area contributed by atoms with Gasteiger partial charge >= 0.3 is 6.03 Å². The number of methoxy groups -OCH3 is 2. The molecule has 6 nitrogen and oxygen atoms in total. The Balaban J connectivity index is 2.26. The molecular weight excluding hydrogens is 320 g/mol. The van der Waals surface area contributed by atoms with Crippen LogP contribution in [0, 0.1) is 11.8 Å². The zero-order chi connectivity index (χ0) is 18.4. The van der Waals surface area contributed by atoms with Gasteiger partial charge in [0.2, 0.25) is 0 Å². The molecular formula is C19H20N2O4. The summed E-state index contributed by atoms with van der Waals surface area (Å²) >= 11 is 0. The van der Waals surface area contributed by atoms with Crippen LogP contribution in [0.1, 0.15) is 29.7 Å². The molecule has 2 amide bonds. The topological polar surface area (TPSA) is 85.0 Å². The number of nitrogens with zero attached hydrogens (tertiary/aromatic N) is 1. The number of urea groups is 1. The molecule has 2 aromatic carbocycles. The van der Waals surface area contributed by atoms with Crippen LogP contribution in [0.4, 0.5) is 4.79 Å². The van der Waals surface area contributed by atoms with E-state index < -0.39 is 12.1 Å². The summed E-state index contributed by atoms with van der Waals surface area (Å²) in [6.45, 7) is 1.67. The van der Waals surface area contributed by atoms with Crippen LogP contribution in [0.15, 0.2) is 42.5 Å². The third-order valence-corrected chi connectivity index (χ3v) is 3.70. The second-order valence-corrected chi connectivity index (χ2v) is 5.30. The van der Waals surface area contributed by atoms with E-state index in [4.69, 9.17) is 15.2 Å². The molecule has 0 aliphatic carbocycles. The van der Waals surface area contributed by atoms with E-state index in [1.807, 2.05) is 12.1 Å². The molecule has 0 saturated carbocycles. The van der Waals surface area contributed by atoms with Gasteiger partial charge in [-0.05, 0) is 42.8 Å². The number of amides is 2. The lowest BCUT2D eigenvalue weighted by Crippen LogP contribution is -2.34. The van der Waals surface area contributed by atoms with Crippen molar-refractivity contribution in [1.29, 1.82) is 0 Å². The number of ether oxygens (including phenoxy) is 2. The summed E-state index contributed by atoms with van der Waals surface area (Å²) in [5.41, 5.74) is 7.33. The molecule has 0 radical (unpaired) electrons. The van der Waals surface area contributed by atoms with Gasteiger partial charge in [0.1, 0.15) is 0 Å². The first-order valence-electron chi connectivity index (χ1n) is 7.57. The molecule has 0 spiro atoms. The highest BCUT2D eigenvalue weighted by Gasteiger charge is 2.16. The van der Waals surface area contributed by atoms with E-state index in [0.29, 0.717) is 16.6 Å². The number of hydroxylamine groups is 2. The van der Waals surface area contributed by atoms with Gasteiger partial charge in [-0.1, -0.05) is 24.0 Å². The maximum Gasteiger partial charge on any atom is 0.339 e. The Morgan fingerprint density at radius 1 is 1.08 bits per heavy atom. The summed E-state index contributed by atoms with van der Waals surface area (Å²) in [4.78, 5) is 11.1. The lowest BCUT2D eigenvalue weighted by molar-refractivity contribution is -0.0710. The lowest BCUT2D eigenvalue weighted by Gasteiger charge is -2.20. The Labute approximate surface area is 146 Å². The van der Waals surface area contributed by atoms with E-state index in [-0.39, 0.29) is 0 Å². The normalized spacial score (nSPS) is 11.0. The highest BCUT2D eigenvalue weighted by molar-refractivity contribution is 5.71. The molecule has 0 aromatic heterocycles. The third kappa shape index (κ3) is 4.43. The van der Waals surface area contributed by atoms with Gasteiger partial charge in [-0.25, -0.2) is 4.79 Å². The fourth-order valence-electron chi connectivity index (χ4n) is 2.27. The van der Waals surface area contributed by atoms with Crippen LogP contribution >= 0.6 is 0 Å². The predicted molar refractivity (Wildman–Crippen MR) is 93.6 cm³/mol. The van der Waals surface area contributed by atoms with Crippen molar-refractivity contribution in [3.05, 3.63) is 59.2 Å². The van der Waals surface area contributed by atoms with Crippen molar-refractivity contribution in [3.8, 4) is 23.3 Å². The Bertz CT molecular complexity index is 824. The molecule has 25 heavy (non-hydrogen) atoms. The van der Waals surface area contributed by atoms with Crippen molar-refractivity contribution >= 4 is 6.03 Å². The van der Waals surface area contributed by atoms with Gasteiger partial charge in [-0.2, -0.15) is 5.06 Å². The first-order valence-corrected chi connectivity index (χ1v) is 7.57. The molecule has 0 fully saturated rings. The number of benzene rings is 2. The van der Waals surface area contributed by atoms with E-state index in [1.54, 1.807) is 51.5 Å². The average molecular weight is 340 g/mol. The maximum absolute atomic E-state index is 11.1. The van der Waals surface area contributed by atoms with Crippen LogP contribution in [0.5, 0.6) is 11.5 Å². The van der Waals surface area contributed by atoms with Crippen LogP contribution in [0.25, 0.3) is 0 Å². The highest BCUT2D eigenvalue weighted by Crippen LogP contribution is 2.27. The van der Waals surface area contributed by atoms with Gasteiger partial charge < -0.3 is 15.2 Å². The monoisotopic (exact) mass is 340 g/mol. The summed E-state index contributed by atoms with van der Waals surface area (Å²) < 4.78 is 10.5. The number of primary amides is 1. The van der Waals surface area contributed by atoms with E-state index >= 15 is 0 Å². The smallest absolute Gasteiger partial charge is 0.339 e. The Kier molecular flexibility index (Phi) is 5.88. The quantitative estimate of drug-likeness (QED) is 0.509. The standard InChI is InChI=1S/C19H20N2O4/c1-13(21(23)19(20)22)16-6-4-5-14(11-16)7-8-15-9-10-17(24-2)18(12-15)25-3/h4-6,9-13,23H,1-3H3,(H2,20,22). The predicted octanol–water partition coefficient (Wildman–Crippen LogP) is 2.93. The lowest BCUT2D eigenvalue weighted by atomic mass is 10.0. The zero-order valence-corrected chi connectivity index (χ0v) is 14.3. The summed E-state index contributed by atoms with van der Waals surface area (Å²) in [7, 11) is 3.14. The summed E-state index contributed by atoms with van der Waals surface area (Å²) in [6.07, 6.45) is 0. The van der Waals surface area contributed by atoms with Crippen molar-refractivity contribution < 1.29 is 19.5 Å². The van der Waals surface area contributed by atoms with Gasteiger partial charge in [-0.3, -0.25) is 5.21 Å². The van der Waals surface area contributed by atoms with Crippen LogP contribution in [0.3, 0.4) is 0 Å². The van der Waals surface area contributed by atoms with Crippen LogP contribution in [-0.4, -0.2) is 30.5 Å². The van der Waals surface area contributed by atoms with Crippen LogP contribution in [-0.2, 0) is 0 Å². The first kappa shape index (κ1) is 18.2. The van der Waals surface area contributed by atoms with E-state index in [0.717, 1.165) is 16.7 Å². The molecule has 1 atom stereocenters. The van der Waals surface area contributed by atoms with Gasteiger partial charge in [-0.15, -0.1) is 0 Å². The Morgan fingerprint density at radius 3 is 2.32 bits per heavy atom. The maximum atomic E-state index is 11.1. The minimum Gasteiger partial charge on any atom is -0.493 e. The van der Waals surface area contributed by atoms with Gasteiger partial charge in [0.15, 0.2) is 11.5 Å². The fraction of sp³-hybridized carbons (Fsp3) is 0.211. The number of hydrogen-bond acceptors (Lipinski definition) is 4. The van der Waals surface area contributed by atoms with Crippen molar-refractivity contribution in [3.63, 3.8) is 0 Å². The van der Waals surface area contributed by atoms with Crippen molar-refractivity contribution in [2.75, 3.05) is 14.2 Å². The van der Waals surface area contributed by atoms with E-state index in [2.05, 4.69) is 11.8 Å². The number of nitrogens with two attached hydrogens (primary N) is 1. The minimum absolute atomic E-state index is 0.487. The average Bonchev–Trinajstić information content (AvgIpc) is 2.64. The number of carbonyl (C=O) groups excluding carboxylic acids is 1. The fourth-order valence-corrected chi connectivity index (χ4v) is 2.27. The zero-order valence-electron chi connectivity index (χ0n) is 14.3. The molecule has 0 aliphatic rings. The second kappa shape index (κ2) is 8.08. The molecule has 0 aliphatic heterocycles. The van der Waals surface area contributed by atoms with Gasteiger partial charge in [0.05, 0.1) is 20.3 Å². The number of hydrogen-bond donors (Lipinski definition) is 2. The second-order valence-electron chi connectivity index (χ2n) is 5.30. The summed E-state index contributed by atoms with van der Waals surface area (Å²) in [6, 6.07) is 11.2. The number of carbonyl (C=O) groups is 1. The van der Waals surface area contributed by atoms with Crippen molar-refractivity contribution in [1.82, 2.24) is 5.06 Å². The number of rotatable bonds is 4. The molecule has 6 heteroatoms. The first-order chi connectivity index (χ1) is 12.0. The minimum atomic E-state index is -0.908. The van der Waals surface area contributed by atoms with Crippen LogP contribution < -0.4 is 15.2 Å². The van der Waals surface area contributed by atoms with Crippen LogP contribution in [0.2, 0.25) is 0 Å². The SMILES string of the molecule is COc1ccc(C#Cc2cccc(C(C)N(O)C(N)=O)c2)cc1OC. The highest BCUT2D eigenvalue weighted by atomic mass is 16.5. The Hall–Kier alpha value is -3.17. The van der Waals surface area contributed by atoms with E-state index in [9.17, 15) is 10.0 Å². The molecule has 0 bridgehead atoms. The summed E-state index contributed by atoms with van der Waals surface area (Å²) in [5.74, 6) is 7.35. The third-order valence-electron chi connectivity index (χ3n) is 3.70. The Morgan fingerprint density at radius 2 is 1.72 bits per heavy atom. The molecule has 2 aromatic rings. The molecule has 0 heterocycles. The largest absolute Gasteiger partial charge is 0.493 e. The molecule has 130 valence electrons. The summed E-state index contributed by atoms with van der Waals surface area (Å²) in [5, 5.41) is 10.1. The van der Waals surface area contributed by atoms with E-state index in [1.165, 1.54) is 0 Å². The van der Waals surface area contributed by atoms with Crippen molar-refractivity contribution in [2.24, 2.45) is 5.73 Å².